The smallest absolute Gasteiger partial charge is 0.0720 e. The summed E-state index contributed by atoms with van der Waals surface area (Å²) in [6.07, 6.45) is 3.55. The second kappa shape index (κ2) is 4.49. The van der Waals surface area contributed by atoms with E-state index in [1.165, 1.54) is 5.56 Å². The van der Waals surface area contributed by atoms with E-state index in [4.69, 9.17) is 9.94 Å². The Balaban J connectivity index is 1.61. The lowest BCUT2D eigenvalue weighted by Crippen LogP contribution is -2.21. The number of hydrogen-bond donors (Lipinski definition) is 1. The van der Waals surface area contributed by atoms with Crippen molar-refractivity contribution >= 4 is 5.71 Å². The van der Waals surface area contributed by atoms with Crippen LogP contribution in [0.1, 0.15) is 24.8 Å². The second-order valence-electron chi connectivity index (χ2n) is 4.98. The number of fused-ring (bicyclic) bond motifs is 2. The molecule has 2 saturated carbocycles. The Labute approximate surface area is 101 Å². The molecule has 0 amide bonds. The number of hydrogen-bond acceptors (Lipinski definition) is 3. The molecule has 0 unspecified atom stereocenters. The van der Waals surface area contributed by atoms with Crippen molar-refractivity contribution in [3.63, 3.8) is 0 Å². The van der Waals surface area contributed by atoms with E-state index in [-0.39, 0.29) is 6.10 Å². The van der Waals surface area contributed by atoms with E-state index in [0.29, 0.717) is 18.4 Å². The van der Waals surface area contributed by atoms with Crippen LogP contribution < -0.4 is 0 Å². The molecule has 1 N–H and O–H groups in total. The first kappa shape index (κ1) is 10.8. The first-order valence-electron chi connectivity index (χ1n) is 6.26. The minimum absolute atomic E-state index is 0.250. The zero-order valence-electron chi connectivity index (χ0n) is 9.75. The Morgan fingerprint density at radius 1 is 1.24 bits per heavy atom. The maximum absolute atomic E-state index is 8.98. The average Bonchev–Trinajstić information content (AvgIpc) is 2.94. The predicted molar refractivity (Wildman–Crippen MR) is 65.1 cm³/mol. The van der Waals surface area contributed by atoms with Crippen LogP contribution in [0.5, 0.6) is 0 Å². The van der Waals surface area contributed by atoms with E-state index in [9.17, 15) is 0 Å². The molecule has 3 atom stereocenters. The summed E-state index contributed by atoms with van der Waals surface area (Å²) >= 11 is 0. The van der Waals surface area contributed by atoms with E-state index >= 15 is 0 Å². The lowest BCUT2D eigenvalue weighted by atomic mass is 9.98. The monoisotopic (exact) mass is 231 g/mol. The zero-order valence-corrected chi connectivity index (χ0v) is 9.75. The van der Waals surface area contributed by atoms with Crippen LogP contribution in [-0.2, 0) is 11.3 Å². The fraction of sp³-hybridized carbons (Fsp3) is 0.500. The number of oxime groups is 1. The number of benzene rings is 1. The van der Waals surface area contributed by atoms with E-state index in [1.54, 1.807) is 0 Å². The van der Waals surface area contributed by atoms with Crippen LogP contribution in [-0.4, -0.2) is 17.0 Å². The molecular weight excluding hydrogens is 214 g/mol. The van der Waals surface area contributed by atoms with Gasteiger partial charge in [0, 0.05) is 11.8 Å². The summed E-state index contributed by atoms with van der Waals surface area (Å²) in [7, 11) is 0. The van der Waals surface area contributed by atoms with Crippen LogP contribution in [0, 0.1) is 11.8 Å². The van der Waals surface area contributed by atoms with Gasteiger partial charge in [-0.3, -0.25) is 0 Å². The minimum atomic E-state index is 0.250. The van der Waals surface area contributed by atoms with Gasteiger partial charge >= 0.3 is 0 Å². The standard InChI is InChI=1S/C14H17NO2/c16-15-14-11-6-7-12(14)13(8-11)17-9-10-4-2-1-3-5-10/h1-5,11-13,16H,6-9H2/b15-14+/t11-,12+,13+/m0/s1. The van der Waals surface area contributed by atoms with Gasteiger partial charge in [-0.2, -0.15) is 0 Å². The molecule has 0 aliphatic heterocycles. The van der Waals surface area contributed by atoms with Gasteiger partial charge in [-0.15, -0.1) is 0 Å². The minimum Gasteiger partial charge on any atom is -0.411 e. The summed E-state index contributed by atoms with van der Waals surface area (Å²) in [4.78, 5) is 0. The molecule has 90 valence electrons. The molecule has 0 aromatic heterocycles. The summed E-state index contributed by atoms with van der Waals surface area (Å²) in [5, 5.41) is 12.4. The number of ether oxygens (including phenoxy) is 1. The quantitative estimate of drug-likeness (QED) is 0.642. The van der Waals surface area contributed by atoms with Gasteiger partial charge in [0.1, 0.15) is 0 Å². The van der Waals surface area contributed by atoms with Crippen molar-refractivity contribution in [2.24, 2.45) is 17.0 Å². The highest BCUT2D eigenvalue weighted by Gasteiger charge is 2.46. The van der Waals surface area contributed by atoms with Gasteiger partial charge in [0.2, 0.25) is 0 Å². The Kier molecular flexibility index (Phi) is 2.85. The third-order valence-electron chi connectivity index (χ3n) is 4.01. The van der Waals surface area contributed by atoms with Crippen molar-refractivity contribution in [3.05, 3.63) is 35.9 Å². The maximum Gasteiger partial charge on any atom is 0.0720 e. The highest BCUT2D eigenvalue weighted by Crippen LogP contribution is 2.44. The van der Waals surface area contributed by atoms with Crippen LogP contribution in [0.15, 0.2) is 35.5 Å². The van der Waals surface area contributed by atoms with Crippen molar-refractivity contribution in [2.45, 2.75) is 32.0 Å². The molecule has 3 nitrogen and oxygen atoms in total. The van der Waals surface area contributed by atoms with E-state index in [0.717, 1.165) is 25.0 Å². The molecule has 0 radical (unpaired) electrons. The average molecular weight is 231 g/mol. The molecule has 3 heteroatoms. The zero-order chi connectivity index (χ0) is 11.7. The molecular formula is C14H17NO2. The largest absolute Gasteiger partial charge is 0.411 e. The van der Waals surface area contributed by atoms with Crippen LogP contribution in [0.4, 0.5) is 0 Å². The second-order valence-corrected chi connectivity index (χ2v) is 4.98. The Morgan fingerprint density at radius 2 is 2.06 bits per heavy atom. The number of rotatable bonds is 3. The third kappa shape index (κ3) is 1.95. The van der Waals surface area contributed by atoms with Gasteiger partial charge in [-0.1, -0.05) is 35.5 Å². The summed E-state index contributed by atoms with van der Waals surface area (Å²) in [5.74, 6) is 0.819. The summed E-state index contributed by atoms with van der Waals surface area (Å²) in [5.41, 5.74) is 2.18. The Hall–Kier alpha value is -1.35. The molecule has 1 aromatic rings. The summed E-state index contributed by atoms with van der Waals surface area (Å²) in [6, 6.07) is 10.2. The van der Waals surface area contributed by atoms with Crippen molar-refractivity contribution < 1.29 is 9.94 Å². The van der Waals surface area contributed by atoms with Crippen LogP contribution >= 0.6 is 0 Å². The molecule has 2 fully saturated rings. The predicted octanol–water partition coefficient (Wildman–Crippen LogP) is 2.83. The first-order chi connectivity index (χ1) is 8.38. The number of nitrogens with zero attached hydrogens (tertiary/aromatic N) is 1. The van der Waals surface area contributed by atoms with Gasteiger partial charge < -0.3 is 9.94 Å². The molecule has 1 aromatic carbocycles. The lowest BCUT2D eigenvalue weighted by molar-refractivity contribution is 0.00900. The maximum atomic E-state index is 8.98. The molecule has 0 spiro atoms. The molecule has 2 aliphatic carbocycles. The van der Waals surface area contributed by atoms with Crippen LogP contribution in [0.2, 0.25) is 0 Å². The van der Waals surface area contributed by atoms with Gasteiger partial charge in [0.15, 0.2) is 0 Å². The van der Waals surface area contributed by atoms with Gasteiger partial charge in [0.25, 0.3) is 0 Å². The molecule has 0 heterocycles. The van der Waals surface area contributed by atoms with Crippen LogP contribution in [0.25, 0.3) is 0 Å². The first-order valence-corrected chi connectivity index (χ1v) is 6.26. The molecule has 3 rings (SSSR count). The Bertz CT molecular complexity index is 415. The fourth-order valence-corrected chi connectivity index (χ4v) is 3.16. The van der Waals surface area contributed by atoms with Crippen molar-refractivity contribution in [3.8, 4) is 0 Å². The molecule has 17 heavy (non-hydrogen) atoms. The molecule has 2 aliphatic rings. The fourth-order valence-electron chi connectivity index (χ4n) is 3.16. The highest BCUT2D eigenvalue weighted by molar-refractivity contribution is 5.93. The van der Waals surface area contributed by atoms with Crippen molar-refractivity contribution in [1.82, 2.24) is 0 Å². The topological polar surface area (TPSA) is 41.8 Å². The van der Waals surface area contributed by atoms with Crippen LogP contribution in [0.3, 0.4) is 0 Å². The van der Waals surface area contributed by atoms with Crippen molar-refractivity contribution in [2.75, 3.05) is 0 Å². The highest BCUT2D eigenvalue weighted by atomic mass is 16.5. The summed E-state index contributed by atoms with van der Waals surface area (Å²) in [6.45, 7) is 0.660. The normalized spacial score (nSPS) is 33.4. The molecule has 0 saturated heterocycles. The summed E-state index contributed by atoms with van der Waals surface area (Å²) < 4.78 is 5.96. The van der Waals surface area contributed by atoms with E-state index in [1.807, 2.05) is 18.2 Å². The third-order valence-corrected chi connectivity index (χ3v) is 4.01. The SMILES string of the molecule is O/N=C1\[C@H]2CC[C@@H]1[C@H](OCc1ccccc1)C2. The van der Waals surface area contributed by atoms with Crippen molar-refractivity contribution in [1.29, 1.82) is 0 Å². The van der Waals surface area contributed by atoms with E-state index < -0.39 is 0 Å². The van der Waals surface area contributed by atoms with Gasteiger partial charge in [-0.25, -0.2) is 0 Å². The van der Waals surface area contributed by atoms with Gasteiger partial charge in [-0.05, 0) is 24.8 Å². The Morgan fingerprint density at radius 3 is 2.76 bits per heavy atom. The van der Waals surface area contributed by atoms with Gasteiger partial charge in [0.05, 0.1) is 18.4 Å². The van der Waals surface area contributed by atoms with E-state index in [2.05, 4.69) is 17.3 Å². The molecule has 2 bridgehead atoms. The lowest BCUT2D eigenvalue weighted by Gasteiger charge is -2.21.